The van der Waals surface area contributed by atoms with Crippen molar-refractivity contribution in [1.29, 1.82) is 0 Å². The molecule has 1 aliphatic carbocycles. The van der Waals surface area contributed by atoms with Gasteiger partial charge in [-0.1, -0.05) is 44.9 Å². The van der Waals surface area contributed by atoms with E-state index in [-0.39, 0.29) is 24.0 Å². The van der Waals surface area contributed by atoms with Crippen LogP contribution in [0, 0.1) is 5.92 Å². The number of aliphatic imine (C=N–C) groups is 1. The number of hydrogen-bond acceptors (Lipinski definition) is 2. The van der Waals surface area contributed by atoms with Gasteiger partial charge in [0, 0.05) is 31.4 Å². The van der Waals surface area contributed by atoms with Gasteiger partial charge in [-0.2, -0.15) is 0 Å². The molecule has 0 saturated heterocycles. The second kappa shape index (κ2) is 10.7. The Balaban J connectivity index is 0.00000264. The van der Waals surface area contributed by atoms with Gasteiger partial charge in [-0.05, 0) is 30.9 Å². The molecule has 130 valence electrons. The lowest BCUT2D eigenvalue weighted by Crippen LogP contribution is -2.47. The number of anilines is 1. The lowest BCUT2D eigenvalue weighted by molar-refractivity contribution is 0.509. The van der Waals surface area contributed by atoms with Crippen LogP contribution in [0.3, 0.4) is 0 Å². The summed E-state index contributed by atoms with van der Waals surface area (Å²) in [5, 5.41) is 10.6. The van der Waals surface area contributed by atoms with Gasteiger partial charge in [-0.15, -0.1) is 24.0 Å². The van der Waals surface area contributed by atoms with E-state index < -0.39 is 0 Å². The molecular weight excluding hydrogens is 399 g/mol. The minimum atomic E-state index is 0. The molecule has 4 nitrogen and oxygen atoms in total. The highest BCUT2D eigenvalue weighted by molar-refractivity contribution is 14.0. The first-order valence-electron chi connectivity index (χ1n) is 8.48. The van der Waals surface area contributed by atoms with E-state index >= 15 is 0 Å². The number of guanidine groups is 1. The van der Waals surface area contributed by atoms with Crippen molar-refractivity contribution < 1.29 is 0 Å². The van der Waals surface area contributed by atoms with Gasteiger partial charge in [-0.25, -0.2) is 0 Å². The third kappa shape index (κ3) is 6.97. The van der Waals surface area contributed by atoms with Crippen LogP contribution in [0.15, 0.2) is 35.3 Å². The van der Waals surface area contributed by atoms with Crippen LogP contribution in [0.25, 0.3) is 0 Å². The molecule has 1 aromatic carbocycles. The van der Waals surface area contributed by atoms with Crippen LogP contribution >= 0.6 is 24.0 Å². The summed E-state index contributed by atoms with van der Waals surface area (Å²) in [6.07, 6.45) is 5.19. The maximum Gasteiger partial charge on any atom is 0.191 e. The first-order chi connectivity index (χ1) is 10.7. The minimum Gasteiger partial charge on any atom is -0.380 e. The lowest BCUT2D eigenvalue weighted by atomic mass is 10.0. The monoisotopic (exact) mass is 430 g/mol. The number of benzene rings is 1. The molecule has 5 heteroatoms. The predicted octanol–water partition coefficient (Wildman–Crippen LogP) is 3.85. The van der Waals surface area contributed by atoms with Crippen molar-refractivity contribution in [3.8, 4) is 0 Å². The van der Waals surface area contributed by atoms with Gasteiger partial charge in [0.05, 0.1) is 0 Å². The molecule has 0 heterocycles. The normalized spacial score (nSPS) is 16.8. The van der Waals surface area contributed by atoms with E-state index in [2.05, 4.69) is 59.1 Å². The molecule has 2 rings (SSSR count). The van der Waals surface area contributed by atoms with Crippen LogP contribution in [0.2, 0.25) is 0 Å². The smallest absolute Gasteiger partial charge is 0.191 e. The first-order valence-corrected chi connectivity index (χ1v) is 8.48. The van der Waals surface area contributed by atoms with Crippen molar-refractivity contribution in [2.45, 2.75) is 51.6 Å². The quantitative estimate of drug-likeness (QED) is 0.365. The number of nitrogens with one attached hydrogen (secondary N) is 3. The molecule has 0 bridgehead atoms. The van der Waals surface area contributed by atoms with Crippen molar-refractivity contribution >= 4 is 35.6 Å². The van der Waals surface area contributed by atoms with Crippen LogP contribution in [0.1, 0.15) is 39.5 Å². The van der Waals surface area contributed by atoms with Crippen LogP contribution in [-0.2, 0) is 0 Å². The molecule has 0 spiro atoms. The van der Waals surface area contributed by atoms with Crippen molar-refractivity contribution in [2.24, 2.45) is 10.9 Å². The van der Waals surface area contributed by atoms with E-state index in [1.165, 1.54) is 31.4 Å². The van der Waals surface area contributed by atoms with E-state index in [1.807, 2.05) is 13.1 Å². The zero-order valence-electron chi connectivity index (χ0n) is 14.5. The van der Waals surface area contributed by atoms with Crippen molar-refractivity contribution in [1.82, 2.24) is 10.6 Å². The summed E-state index contributed by atoms with van der Waals surface area (Å²) in [6, 6.07) is 11.3. The second-order valence-electron chi connectivity index (χ2n) is 6.44. The third-order valence-corrected chi connectivity index (χ3v) is 4.34. The third-order valence-electron chi connectivity index (χ3n) is 4.34. The first kappa shape index (κ1) is 20.1. The molecule has 0 amide bonds. The van der Waals surface area contributed by atoms with Crippen LogP contribution in [0.4, 0.5) is 5.69 Å². The molecule has 1 fully saturated rings. The average molecular weight is 430 g/mol. The molecule has 3 N–H and O–H groups in total. The molecule has 0 aromatic heterocycles. The maximum absolute atomic E-state index is 4.36. The molecule has 1 atom stereocenters. The Kier molecular flexibility index (Phi) is 9.36. The van der Waals surface area contributed by atoms with Crippen LogP contribution in [0.5, 0.6) is 0 Å². The fourth-order valence-electron chi connectivity index (χ4n) is 2.87. The second-order valence-corrected chi connectivity index (χ2v) is 6.44. The summed E-state index contributed by atoms with van der Waals surface area (Å²) in [5.74, 6) is 1.46. The minimum absolute atomic E-state index is 0. The summed E-state index contributed by atoms with van der Waals surface area (Å²) in [7, 11) is 1.85. The average Bonchev–Trinajstić information content (AvgIpc) is 3.03. The Labute approximate surface area is 157 Å². The lowest BCUT2D eigenvalue weighted by Gasteiger charge is -2.26. The summed E-state index contributed by atoms with van der Waals surface area (Å²) in [5.41, 5.74) is 1.17. The predicted molar refractivity (Wildman–Crippen MR) is 111 cm³/mol. The number of para-hydroxylation sites is 1. The van der Waals surface area contributed by atoms with Crippen molar-refractivity contribution in [3.63, 3.8) is 0 Å². The SMILES string of the molecule is CN=C(NCC(Nc1ccccc1)C(C)C)NC1CCCC1.I. The van der Waals surface area contributed by atoms with Crippen molar-refractivity contribution in [2.75, 3.05) is 18.9 Å². The molecule has 23 heavy (non-hydrogen) atoms. The number of rotatable bonds is 6. The maximum atomic E-state index is 4.36. The zero-order chi connectivity index (χ0) is 15.8. The Hall–Kier alpha value is -0.980. The van der Waals surface area contributed by atoms with Gasteiger partial charge in [-0.3, -0.25) is 4.99 Å². The molecule has 1 unspecified atom stereocenters. The highest BCUT2D eigenvalue weighted by Crippen LogP contribution is 2.17. The molecule has 0 radical (unpaired) electrons. The van der Waals surface area contributed by atoms with E-state index in [0.717, 1.165) is 12.5 Å². The van der Waals surface area contributed by atoms with Crippen molar-refractivity contribution in [3.05, 3.63) is 30.3 Å². The Morgan fingerprint density at radius 2 is 1.83 bits per heavy atom. The van der Waals surface area contributed by atoms with E-state index in [0.29, 0.717) is 18.0 Å². The van der Waals surface area contributed by atoms with E-state index in [4.69, 9.17) is 0 Å². The Bertz CT molecular complexity index is 455. The van der Waals surface area contributed by atoms with Crippen LogP contribution < -0.4 is 16.0 Å². The van der Waals surface area contributed by atoms with E-state index in [9.17, 15) is 0 Å². The standard InChI is InChI=1S/C18H30N4.HI/c1-14(2)17(21-15-9-5-4-6-10-15)13-20-18(19-3)22-16-11-7-8-12-16;/h4-6,9-10,14,16-17,21H,7-8,11-13H2,1-3H3,(H2,19,20,22);1H. The largest absolute Gasteiger partial charge is 0.380 e. The molecule has 1 aliphatic rings. The van der Waals surface area contributed by atoms with Crippen LogP contribution in [-0.4, -0.2) is 31.6 Å². The topological polar surface area (TPSA) is 48.5 Å². The fourth-order valence-corrected chi connectivity index (χ4v) is 2.87. The Morgan fingerprint density at radius 1 is 1.17 bits per heavy atom. The summed E-state index contributed by atoms with van der Waals surface area (Å²) in [6.45, 7) is 5.35. The van der Waals surface area contributed by atoms with E-state index in [1.54, 1.807) is 0 Å². The fraction of sp³-hybridized carbons (Fsp3) is 0.611. The molecular formula is C18H31IN4. The van der Waals surface area contributed by atoms with Gasteiger partial charge in [0.15, 0.2) is 5.96 Å². The Morgan fingerprint density at radius 3 is 2.39 bits per heavy atom. The summed E-state index contributed by atoms with van der Waals surface area (Å²) >= 11 is 0. The molecule has 1 aromatic rings. The summed E-state index contributed by atoms with van der Waals surface area (Å²) in [4.78, 5) is 4.36. The molecule has 1 saturated carbocycles. The number of hydrogen-bond donors (Lipinski definition) is 3. The number of halogens is 1. The van der Waals surface area contributed by atoms with Gasteiger partial charge in [0.25, 0.3) is 0 Å². The number of nitrogens with zero attached hydrogens (tertiary/aromatic N) is 1. The highest BCUT2D eigenvalue weighted by atomic mass is 127. The van der Waals surface area contributed by atoms with Gasteiger partial charge in [0.1, 0.15) is 0 Å². The highest BCUT2D eigenvalue weighted by Gasteiger charge is 2.17. The van der Waals surface area contributed by atoms with Gasteiger partial charge < -0.3 is 16.0 Å². The van der Waals surface area contributed by atoms with Gasteiger partial charge in [0.2, 0.25) is 0 Å². The molecule has 0 aliphatic heterocycles. The van der Waals surface area contributed by atoms with Gasteiger partial charge >= 0.3 is 0 Å². The zero-order valence-corrected chi connectivity index (χ0v) is 16.8. The summed E-state index contributed by atoms with van der Waals surface area (Å²) < 4.78 is 0.